The zero-order valence-electron chi connectivity index (χ0n) is 9.57. The van der Waals surface area contributed by atoms with Gasteiger partial charge in [-0.05, 0) is 39.5 Å². The normalized spacial score (nSPS) is 39.9. The molecule has 2 aliphatic rings. The molecule has 1 aliphatic heterocycles. The van der Waals surface area contributed by atoms with Gasteiger partial charge in [-0.2, -0.15) is 0 Å². The summed E-state index contributed by atoms with van der Waals surface area (Å²) in [6.07, 6.45) is 4.84. The van der Waals surface area contributed by atoms with Crippen LogP contribution in [0.2, 0.25) is 0 Å². The van der Waals surface area contributed by atoms with Crippen molar-refractivity contribution in [3.05, 3.63) is 0 Å². The molecule has 3 nitrogen and oxygen atoms in total. The molecule has 3 heteroatoms. The molecule has 15 heavy (non-hydrogen) atoms. The molecule has 0 unspecified atom stereocenters. The van der Waals surface area contributed by atoms with Gasteiger partial charge >= 0.3 is 5.97 Å². The van der Waals surface area contributed by atoms with Crippen molar-refractivity contribution in [2.24, 2.45) is 11.8 Å². The van der Waals surface area contributed by atoms with Crippen LogP contribution in [0.5, 0.6) is 0 Å². The van der Waals surface area contributed by atoms with Gasteiger partial charge in [-0.3, -0.25) is 4.79 Å². The fourth-order valence-corrected chi connectivity index (χ4v) is 2.99. The van der Waals surface area contributed by atoms with E-state index in [1.807, 2.05) is 6.92 Å². The van der Waals surface area contributed by atoms with E-state index in [2.05, 4.69) is 6.92 Å². The summed E-state index contributed by atoms with van der Waals surface area (Å²) in [7, 11) is 0. The fraction of sp³-hybridized carbons (Fsp3) is 0.917. The first-order chi connectivity index (χ1) is 7.22. The number of rotatable bonds is 2. The van der Waals surface area contributed by atoms with E-state index in [0.717, 1.165) is 25.7 Å². The van der Waals surface area contributed by atoms with Crippen LogP contribution < -0.4 is 0 Å². The van der Waals surface area contributed by atoms with Crippen LogP contribution in [0.4, 0.5) is 0 Å². The lowest BCUT2D eigenvalue weighted by molar-refractivity contribution is -0.152. The van der Waals surface area contributed by atoms with E-state index in [4.69, 9.17) is 9.47 Å². The highest BCUT2D eigenvalue weighted by Gasteiger charge is 2.44. The third-order valence-corrected chi connectivity index (χ3v) is 3.60. The summed E-state index contributed by atoms with van der Waals surface area (Å²) in [6.45, 7) is 4.45. The number of hydrogen-bond acceptors (Lipinski definition) is 3. The van der Waals surface area contributed by atoms with Crippen LogP contribution in [-0.2, 0) is 14.3 Å². The molecule has 1 saturated heterocycles. The van der Waals surface area contributed by atoms with Gasteiger partial charge in [0, 0.05) is 5.92 Å². The smallest absolute Gasteiger partial charge is 0.309 e. The number of ether oxygens (including phenoxy) is 2. The van der Waals surface area contributed by atoms with Crippen LogP contribution in [0, 0.1) is 11.8 Å². The highest BCUT2D eigenvalue weighted by molar-refractivity contribution is 5.73. The van der Waals surface area contributed by atoms with Crippen molar-refractivity contribution in [3.8, 4) is 0 Å². The number of fused-ring (bicyclic) bond motifs is 1. The SMILES string of the molecule is CCOC(=O)[C@@H]1CCC[C@@H]2O[C@H](C)C[C@H]21. The Balaban J connectivity index is 2.02. The lowest BCUT2D eigenvalue weighted by Crippen LogP contribution is -2.35. The van der Waals surface area contributed by atoms with Crippen LogP contribution in [0.25, 0.3) is 0 Å². The van der Waals surface area contributed by atoms with E-state index in [1.54, 1.807) is 0 Å². The molecular weight excluding hydrogens is 192 g/mol. The Morgan fingerprint density at radius 1 is 1.47 bits per heavy atom. The number of esters is 1. The maximum atomic E-state index is 11.8. The number of carbonyl (C=O) groups excluding carboxylic acids is 1. The van der Waals surface area contributed by atoms with Crippen molar-refractivity contribution >= 4 is 5.97 Å². The summed E-state index contributed by atoms with van der Waals surface area (Å²) in [4.78, 5) is 11.8. The largest absolute Gasteiger partial charge is 0.466 e. The van der Waals surface area contributed by atoms with Gasteiger partial charge in [-0.25, -0.2) is 0 Å². The van der Waals surface area contributed by atoms with Crippen molar-refractivity contribution in [1.29, 1.82) is 0 Å². The predicted molar refractivity (Wildman–Crippen MR) is 56.4 cm³/mol. The summed E-state index contributed by atoms with van der Waals surface area (Å²) >= 11 is 0. The molecule has 1 saturated carbocycles. The second-order valence-corrected chi connectivity index (χ2v) is 4.67. The summed E-state index contributed by atoms with van der Waals surface area (Å²) < 4.78 is 10.9. The Kier molecular flexibility index (Phi) is 3.29. The standard InChI is InChI=1S/C12H20O3/c1-3-14-12(13)9-5-4-6-11-10(9)7-8(2)15-11/h8-11H,3-7H2,1-2H3/t8-,9-,10+,11+/m1/s1. The second kappa shape index (κ2) is 4.52. The highest BCUT2D eigenvalue weighted by Crippen LogP contribution is 2.41. The molecular formula is C12H20O3. The molecule has 0 bridgehead atoms. The van der Waals surface area contributed by atoms with Crippen LogP contribution in [0.3, 0.4) is 0 Å². The predicted octanol–water partition coefficient (Wildman–Crippen LogP) is 2.14. The Labute approximate surface area is 91.1 Å². The maximum Gasteiger partial charge on any atom is 0.309 e. The quantitative estimate of drug-likeness (QED) is 0.658. The second-order valence-electron chi connectivity index (χ2n) is 4.67. The zero-order chi connectivity index (χ0) is 10.8. The fourth-order valence-electron chi connectivity index (χ4n) is 2.99. The molecule has 1 aliphatic carbocycles. The van der Waals surface area contributed by atoms with E-state index in [-0.39, 0.29) is 11.9 Å². The van der Waals surface area contributed by atoms with Gasteiger partial charge in [0.05, 0.1) is 24.7 Å². The van der Waals surface area contributed by atoms with Crippen LogP contribution in [0.1, 0.15) is 39.5 Å². The van der Waals surface area contributed by atoms with Gasteiger partial charge < -0.3 is 9.47 Å². The van der Waals surface area contributed by atoms with E-state index in [0.29, 0.717) is 24.7 Å². The minimum atomic E-state index is -0.00935. The lowest BCUT2D eigenvalue weighted by atomic mass is 9.76. The Hall–Kier alpha value is -0.570. The van der Waals surface area contributed by atoms with E-state index >= 15 is 0 Å². The van der Waals surface area contributed by atoms with E-state index in [9.17, 15) is 4.79 Å². The van der Waals surface area contributed by atoms with Gasteiger partial charge in [0.2, 0.25) is 0 Å². The average Bonchev–Trinajstić information content (AvgIpc) is 2.57. The molecule has 0 aromatic heterocycles. The van der Waals surface area contributed by atoms with Crippen molar-refractivity contribution in [2.75, 3.05) is 6.61 Å². The monoisotopic (exact) mass is 212 g/mol. The first kappa shape index (κ1) is 10.9. The van der Waals surface area contributed by atoms with Crippen molar-refractivity contribution in [2.45, 2.75) is 51.7 Å². The lowest BCUT2D eigenvalue weighted by Gasteiger charge is -2.30. The molecule has 0 aromatic carbocycles. The molecule has 1 heterocycles. The van der Waals surface area contributed by atoms with Crippen molar-refractivity contribution < 1.29 is 14.3 Å². The first-order valence-electron chi connectivity index (χ1n) is 6.04. The van der Waals surface area contributed by atoms with Crippen molar-refractivity contribution in [3.63, 3.8) is 0 Å². The molecule has 86 valence electrons. The first-order valence-corrected chi connectivity index (χ1v) is 6.04. The molecule has 0 amide bonds. The minimum absolute atomic E-state index is 0.00935. The van der Waals surface area contributed by atoms with Crippen molar-refractivity contribution in [1.82, 2.24) is 0 Å². The van der Waals surface area contributed by atoms with Gasteiger partial charge in [-0.15, -0.1) is 0 Å². The topological polar surface area (TPSA) is 35.5 Å². The summed E-state index contributed by atoms with van der Waals surface area (Å²) in [5, 5.41) is 0. The Morgan fingerprint density at radius 2 is 2.27 bits per heavy atom. The molecule has 0 spiro atoms. The number of carbonyl (C=O) groups is 1. The highest BCUT2D eigenvalue weighted by atomic mass is 16.5. The third kappa shape index (κ3) is 2.17. The van der Waals surface area contributed by atoms with Gasteiger partial charge in [-0.1, -0.05) is 0 Å². The molecule has 2 fully saturated rings. The van der Waals surface area contributed by atoms with Gasteiger partial charge in [0.1, 0.15) is 0 Å². The van der Waals surface area contributed by atoms with Gasteiger partial charge in [0.15, 0.2) is 0 Å². The van der Waals surface area contributed by atoms with E-state index in [1.165, 1.54) is 0 Å². The molecule has 0 N–H and O–H groups in total. The zero-order valence-corrected chi connectivity index (χ0v) is 9.57. The van der Waals surface area contributed by atoms with Crippen LogP contribution >= 0.6 is 0 Å². The van der Waals surface area contributed by atoms with E-state index < -0.39 is 0 Å². The molecule has 0 radical (unpaired) electrons. The Bertz CT molecular complexity index is 239. The Morgan fingerprint density at radius 3 is 3.00 bits per heavy atom. The average molecular weight is 212 g/mol. The minimum Gasteiger partial charge on any atom is -0.466 e. The third-order valence-electron chi connectivity index (χ3n) is 3.60. The summed E-state index contributed by atoms with van der Waals surface area (Å²) in [5.41, 5.74) is 0. The summed E-state index contributed by atoms with van der Waals surface area (Å²) in [6, 6.07) is 0. The molecule has 0 aromatic rings. The number of hydrogen-bond donors (Lipinski definition) is 0. The summed E-state index contributed by atoms with van der Waals surface area (Å²) in [5.74, 6) is 0.492. The maximum absolute atomic E-state index is 11.8. The molecule has 4 atom stereocenters. The van der Waals surface area contributed by atoms with Crippen LogP contribution in [-0.4, -0.2) is 24.8 Å². The van der Waals surface area contributed by atoms with Crippen LogP contribution in [0.15, 0.2) is 0 Å². The molecule has 2 rings (SSSR count). The van der Waals surface area contributed by atoms with Gasteiger partial charge in [0.25, 0.3) is 0 Å².